The maximum Gasteiger partial charge on any atom is 0.379 e. The minimum absolute atomic E-state index is 0.134. The van der Waals surface area contributed by atoms with E-state index in [4.69, 9.17) is 0 Å². The van der Waals surface area contributed by atoms with Crippen molar-refractivity contribution in [3.63, 3.8) is 0 Å². The zero-order chi connectivity index (χ0) is 15.9. The number of carbonyl (C=O) groups is 2. The molecule has 0 atom stereocenters. The molecule has 118 valence electrons. The van der Waals surface area contributed by atoms with E-state index in [0.717, 1.165) is 6.08 Å². The van der Waals surface area contributed by atoms with E-state index >= 15 is 0 Å². The average molecular weight is 302 g/mol. The van der Waals surface area contributed by atoms with E-state index in [-0.39, 0.29) is 12.4 Å². The largest absolute Gasteiger partial charge is 0.507 e. The number of hydrogen-bond acceptors (Lipinski definition) is 4. The van der Waals surface area contributed by atoms with Crippen molar-refractivity contribution in [2.75, 3.05) is 6.61 Å². The van der Waals surface area contributed by atoms with Crippen LogP contribution in [0.5, 0.6) is 0 Å². The van der Waals surface area contributed by atoms with Crippen molar-refractivity contribution in [3.05, 3.63) is 41.5 Å². The molecule has 1 N–H and O–H groups in total. The molecule has 22 heavy (non-hydrogen) atoms. The Balaban J connectivity index is 2.05. The molecule has 0 aliphatic heterocycles. The van der Waals surface area contributed by atoms with E-state index in [1.165, 1.54) is 37.7 Å². The van der Waals surface area contributed by atoms with Crippen LogP contribution in [-0.4, -0.2) is 23.5 Å². The quantitative estimate of drug-likeness (QED) is 0.389. The van der Waals surface area contributed by atoms with Crippen molar-refractivity contribution < 1.29 is 19.4 Å². The lowest BCUT2D eigenvalue weighted by Gasteiger charge is -2.22. The third-order valence-corrected chi connectivity index (χ3v) is 4.03. The van der Waals surface area contributed by atoms with Crippen molar-refractivity contribution in [2.24, 2.45) is 0 Å². The van der Waals surface area contributed by atoms with Crippen molar-refractivity contribution in [3.8, 4) is 0 Å². The van der Waals surface area contributed by atoms with E-state index in [9.17, 15) is 14.7 Å². The summed E-state index contributed by atoms with van der Waals surface area (Å²) in [6.45, 7) is 1.76. The second-order valence-electron chi connectivity index (χ2n) is 5.57. The number of rotatable bonds is 5. The highest BCUT2D eigenvalue weighted by Gasteiger charge is 2.16. The van der Waals surface area contributed by atoms with Gasteiger partial charge in [0.05, 0.1) is 6.61 Å². The van der Waals surface area contributed by atoms with Gasteiger partial charge in [-0.3, -0.25) is 4.79 Å². The van der Waals surface area contributed by atoms with E-state index in [2.05, 4.69) is 4.74 Å². The SMILES string of the molecule is CCOC(=O)C(=O)C=C(O)c1ccc(C2CCCCC2)cc1. The molecule has 1 aliphatic carbocycles. The van der Waals surface area contributed by atoms with E-state index in [1.807, 2.05) is 12.1 Å². The average Bonchev–Trinajstić information content (AvgIpc) is 2.56. The Morgan fingerprint density at radius 3 is 2.41 bits per heavy atom. The van der Waals surface area contributed by atoms with Crippen LogP contribution in [0.3, 0.4) is 0 Å². The number of benzene rings is 1. The molecule has 1 saturated carbocycles. The summed E-state index contributed by atoms with van der Waals surface area (Å²) in [7, 11) is 0. The predicted molar refractivity (Wildman–Crippen MR) is 84.5 cm³/mol. The topological polar surface area (TPSA) is 63.6 Å². The molecule has 1 aliphatic rings. The molecule has 0 bridgehead atoms. The Labute approximate surface area is 130 Å². The summed E-state index contributed by atoms with van der Waals surface area (Å²) in [5, 5.41) is 9.94. The van der Waals surface area contributed by atoms with Crippen molar-refractivity contribution in [1.29, 1.82) is 0 Å². The first kappa shape index (κ1) is 16.3. The van der Waals surface area contributed by atoms with Gasteiger partial charge in [-0.2, -0.15) is 0 Å². The van der Waals surface area contributed by atoms with Crippen molar-refractivity contribution in [1.82, 2.24) is 0 Å². The van der Waals surface area contributed by atoms with Crippen molar-refractivity contribution >= 4 is 17.5 Å². The van der Waals surface area contributed by atoms with Gasteiger partial charge in [-0.15, -0.1) is 0 Å². The van der Waals surface area contributed by atoms with Crippen LogP contribution in [0.25, 0.3) is 5.76 Å². The molecule has 4 heteroatoms. The zero-order valence-electron chi connectivity index (χ0n) is 12.9. The highest BCUT2D eigenvalue weighted by atomic mass is 16.5. The summed E-state index contributed by atoms with van der Waals surface area (Å²) in [6.07, 6.45) is 7.18. The first-order valence-corrected chi connectivity index (χ1v) is 7.84. The third-order valence-electron chi connectivity index (χ3n) is 4.03. The van der Waals surface area contributed by atoms with E-state index in [1.54, 1.807) is 19.1 Å². The van der Waals surface area contributed by atoms with Crippen LogP contribution in [0.1, 0.15) is 56.1 Å². The minimum Gasteiger partial charge on any atom is -0.507 e. The summed E-state index contributed by atoms with van der Waals surface area (Å²) in [5.74, 6) is -1.42. The molecule has 2 rings (SSSR count). The Hall–Kier alpha value is -2.10. The Morgan fingerprint density at radius 1 is 1.18 bits per heavy atom. The van der Waals surface area contributed by atoms with Gasteiger partial charge in [0.15, 0.2) is 0 Å². The molecule has 1 aromatic rings. The lowest BCUT2D eigenvalue weighted by atomic mass is 9.84. The molecule has 1 aromatic carbocycles. The van der Waals surface area contributed by atoms with E-state index in [0.29, 0.717) is 11.5 Å². The molecular weight excluding hydrogens is 280 g/mol. The maximum atomic E-state index is 11.5. The molecule has 1 fully saturated rings. The predicted octanol–water partition coefficient (Wildman–Crippen LogP) is 3.77. The molecular formula is C18H22O4. The van der Waals surface area contributed by atoms with E-state index < -0.39 is 11.8 Å². The van der Waals surface area contributed by atoms with Crippen LogP contribution in [-0.2, 0) is 14.3 Å². The van der Waals surface area contributed by atoms with Gasteiger partial charge < -0.3 is 9.84 Å². The molecule has 0 radical (unpaired) electrons. The van der Waals surface area contributed by atoms with Crippen LogP contribution < -0.4 is 0 Å². The fourth-order valence-corrected chi connectivity index (χ4v) is 2.83. The second-order valence-corrected chi connectivity index (χ2v) is 5.57. The zero-order valence-corrected chi connectivity index (χ0v) is 12.9. The maximum absolute atomic E-state index is 11.5. The fourth-order valence-electron chi connectivity index (χ4n) is 2.83. The number of carbonyl (C=O) groups excluding carboxylic acids is 2. The van der Waals surface area contributed by atoms with Gasteiger partial charge in [0.1, 0.15) is 5.76 Å². The summed E-state index contributed by atoms with van der Waals surface area (Å²) in [5.41, 5.74) is 1.80. The fraction of sp³-hybridized carbons (Fsp3) is 0.444. The third kappa shape index (κ3) is 4.20. The number of ether oxygens (including phenoxy) is 1. The van der Waals surface area contributed by atoms with Gasteiger partial charge >= 0.3 is 5.97 Å². The van der Waals surface area contributed by atoms with Gasteiger partial charge in [-0.25, -0.2) is 4.79 Å². The molecule has 0 saturated heterocycles. The lowest BCUT2D eigenvalue weighted by Crippen LogP contribution is -2.15. The number of ketones is 1. The van der Waals surface area contributed by atoms with Crippen LogP contribution in [0.15, 0.2) is 30.3 Å². The molecule has 0 unspecified atom stereocenters. The van der Waals surface area contributed by atoms with Gasteiger partial charge in [0.25, 0.3) is 5.78 Å². The molecule has 0 amide bonds. The molecule has 0 spiro atoms. The normalized spacial score (nSPS) is 16.3. The Bertz CT molecular complexity index is 551. The molecule has 0 heterocycles. The number of esters is 1. The van der Waals surface area contributed by atoms with Gasteiger partial charge in [0, 0.05) is 11.6 Å². The standard InChI is InChI=1S/C18H22O4/c1-2-22-18(21)17(20)12-16(19)15-10-8-14(9-11-15)13-6-4-3-5-7-13/h8-13,19H,2-7H2,1H3. The summed E-state index contributed by atoms with van der Waals surface area (Å²) in [4.78, 5) is 22.8. The van der Waals surface area contributed by atoms with Gasteiger partial charge in [0.2, 0.25) is 0 Å². The van der Waals surface area contributed by atoms with Crippen molar-refractivity contribution in [2.45, 2.75) is 44.9 Å². The number of aliphatic hydroxyl groups is 1. The first-order chi connectivity index (χ1) is 10.6. The monoisotopic (exact) mass is 302 g/mol. The minimum atomic E-state index is -0.951. The highest BCUT2D eigenvalue weighted by molar-refractivity contribution is 6.39. The first-order valence-electron chi connectivity index (χ1n) is 7.84. The van der Waals surface area contributed by atoms with Crippen LogP contribution >= 0.6 is 0 Å². The Morgan fingerprint density at radius 2 is 1.82 bits per heavy atom. The molecule has 0 aromatic heterocycles. The van der Waals surface area contributed by atoms with Gasteiger partial charge in [-0.1, -0.05) is 43.5 Å². The Kier molecular flexibility index (Phi) is 5.75. The summed E-state index contributed by atoms with van der Waals surface area (Å²) in [6, 6.07) is 7.55. The molecule has 4 nitrogen and oxygen atoms in total. The second kappa shape index (κ2) is 7.78. The van der Waals surface area contributed by atoms with Crippen LogP contribution in [0, 0.1) is 0 Å². The van der Waals surface area contributed by atoms with Gasteiger partial charge in [-0.05, 0) is 31.2 Å². The van der Waals surface area contributed by atoms with Crippen LogP contribution in [0.2, 0.25) is 0 Å². The summed E-state index contributed by atoms with van der Waals surface area (Å²) < 4.78 is 4.59. The lowest BCUT2D eigenvalue weighted by molar-refractivity contribution is -0.151. The summed E-state index contributed by atoms with van der Waals surface area (Å²) >= 11 is 0. The highest BCUT2D eigenvalue weighted by Crippen LogP contribution is 2.32. The smallest absolute Gasteiger partial charge is 0.379 e. The number of aliphatic hydroxyl groups excluding tert-OH is 1. The number of hydrogen-bond donors (Lipinski definition) is 1. The van der Waals surface area contributed by atoms with Crippen LogP contribution in [0.4, 0.5) is 0 Å².